The maximum Gasteiger partial charge on any atom is -0.0414 e. The van der Waals surface area contributed by atoms with Crippen LogP contribution in [-0.2, 0) is 0 Å². The molecule has 0 spiro atoms. The van der Waals surface area contributed by atoms with Gasteiger partial charge in [0.05, 0.1) is 0 Å². The third-order valence-electron chi connectivity index (χ3n) is 4.04. The fourth-order valence-electron chi connectivity index (χ4n) is 2.43. The van der Waals surface area contributed by atoms with Crippen LogP contribution in [0.15, 0.2) is 0 Å². The van der Waals surface area contributed by atoms with Crippen molar-refractivity contribution in [2.24, 2.45) is 17.8 Å². The van der Waals surface area contributed by atoms with Crippen molar-refractivity contribution >= 4 is 0 Å². The molecule has 0 aromatic carbocycles. The van der Waals surface area contributed by atoms with Crippen molar-refractivity contribution in [1.29, 1.82) is 0 Å². The molecule has 0 aromatic rings. The number of hydrogen-bond donors (Lipinski definition) is 0. The van der Waals surface area contributed by atoms with Crippen LogP contribution in [0, 0.1) is 17.8 Å². The maximum absolute atomic E-state index is 2.43. The summed E-state index contributed by atoms with van der Waals surface area (Å²) in [7, 11) is 0. The molecule has 0 rings (SSSR count). The van der Waals surface area contributed by atoms with Crippen LogP contribution in [0.4, 0.5) is 0 Å². The standard InChI is InChI=1S/C15H32/c1-6-9-15(10-7-2)12-11-14(5)13(4)8-3/h13-15H,6-12H2,1-5H3. The minimum absolute atomic E-state index is 0.911. The Hall–Kier alpha value is 0. The van der Waals surface area contributed by atoms with E-state index in [-0.39, 0.29) is 0 Å². The van der Waals surface area contributed by atoms with E-state index in [1.807, 2.05) is 0 Å². The quantitative estimate of drug-likeness (QED) is 0.462. The molecule has 15 heavy (non-hydrogen) atoms. The Balaban J connectivity index is 3.76. The van der Waals surface area contributed by atoms with E-state index < -0.39 is 0 Å². The summed E-state index contributed by atoms with van der Waals surface area (Å²) in [5, 5.41) is 0. The minimum Gasteiger partial charge on any atom is -0.0654 e. The first-order valence-electron chi connectivity index (χ1n) is 7.15. The van der Waals surface area contributed by atoms with Gasteiger partial charge in [-0.25, -0.2) is 0 Å². The predicted molar refractivity (Wildman–Crippen MR) is 71.2 cm³/mol. The van der Waals surface area contributed by atoms with Crippen LogP contribution in [0.1, 0.15) is 79.6 Å². The van der Waals surface area contributed by atoms with Gasteiger partial charge in [0.25, 0.3) is 0 Å². The zero-order chi connectivity index (χ0) is 11.7. The summed E-state index contributed by atoms with van der Waals surface area (Å²) in [6.07, 6.45) is 9.87. The van der Waals surface area contributed by atoms with Gasteiger partial charge in [0.2, 0.25) is 0 Å². The third kappa shape index (κ3) is 6.98. The van der Waals surface area contributed by atoms with Crippen LogP contribution in [0.3, 0.4) is 0 Å². The molecule has 0 fully saturated rings. The zero-order valence-corrected chi connectivity index (χ0v) is 11.7. The van der Waals surface area contributed by atoms with E-state index in [0.717, 1.165) is 17.8 Å². The molecule has 0 saturated heterocycles. The van der Waals surface area contributed by atoms with E-state index in [4.69, 9.17) is 0 Å². The molecule has 0 radical (unpaired) electrons. The molecule has 0 heterocycles. The molecule has 0 amide bonds. The predicted octanol–water partition coefficient (Wildman–Crippen LogP) is 5.67. The van der Waals surface area contributed by atoms with Gasteiger partial charge in [-0.2, -0.15) is 0 Å². The Bertz CT molecular complexity index is 122. The van der Waals surface area contributed by atoms with E-state index in [0.29, 0.717) is 0 Å². The Labute approximate surface area is 97.8 Å². The van der Waals surface area contributed by atoms with Crippen LogP contribution in [0.5, 0.6) is 0 Å². The highest BCUT2D eigenvalue weighted by molar-refractivity contribution is 4.65. The molecular weight excluding hydrogens is 180 g/mol. The van der Waals surface area contributed by atoms with Crippen LogP contribution in [0.2, 0.25) is 0 Å². The van der Waals surface area contributed by atoms with Gasteiger partial charge in [-0.3, -0.25) is 0 Å². The highest BCUT2D eigenvalue weighted by atomic mass is 14.2. The van der Waals surface area contributed by atoms with E-state index in [2.05, 4.69) is 34.6 Å². The molecule has 2 unspecified atom stereocenters. The molecule has 2 atom stereocenters. The first-order valence-corrected chi connectivity index (χ1v) is 7.15. The van der Waals surface area contributed by atoms with Gasteiger partial charge in [-0.15, -0.1) is 0 Å². The monoisotopic (exact) mass is 212 g/mol. The van der Waals surface area contributed by atoms with Gasteiger partial charge in [-0.05, 0) is 17.8 Å². The molecule has 0 heteroatoms. The third-order valence-corrected chi connectivity index (χ3v) is 4.04. The average molecular weight is 212 g/mol. The molecule has 0 N–H and O–H groups in total. The van der Waals surface area contributed by atoms with Crippen LogP contribution < -0.4 is 0 Å². The van der Waals surface area contributed by atoms with Crippen LogP contribution >= 0.6 is 0 Å². The second-order valence-corrected chi connectivity index (χ2v) is 5.38. The number of hydrogen-bond acceptors (Lipinski definition) is 0. The van der Waals surface area contributed by atoms with Crippen molar-refractivity contribution in [2.45, 2.75) is 79.6 Å². The van der Waals surface area contributed by atoms with Crippen LogP contribution in [0.25, 0.3) is 0 Å². The first kappa shape index (κ1) is 15.0. The lowest BCUT2D eigenvalue weighted by Crippen LogP contribution is -2.09. The van der Waals surface area contributed by atoms with E-state index in [1.54, 1.807) is 0 Å². The van der Waals surface area contributed by atoms with Crippen molar-refractivity contribution < 1.29 is 0 Å². The van der Waals surface area contributed by atoms with Gasteiger partial charge in [0, 0.05) is 0 Å². The molecule has 0 nitrogen and oxygen atoms in total. The summed E-state index contributed by atoms with van der Waals surface area (Å²) in [5.74, 6) is 2.84. The summed E-state index contributed by atoms with van der Waals surface area (Å²) in [6.45, 7) is 11.8. The lowest BCUT2D eigenvalue weighted by Gasteiger charge is -2.21. The Morgan fingerprint density at radius 1 is 0.667 bits per heavy atom. The van der Waals surface area contributed by atoms with Gasteiger partial charge >= 0.3 is 0 Å². The summed E-state index contributed by atoms with van der Waals surface area (Å²) in [5.41, 5.74) is 0. The molecule has 0 aliphatic carbocycles. The van der Waals surface area contributed by atoms with E-state index in [9.17, 15) is 0 Å². The normalized spacial score (nSPS) is 15.6. The molecule has 0 aliphatic heterocycles. The molecule has 0 aromatic heterocycles. The highest BCUT2D eigenvalue weighted by Gasteiger charge is 2.13. The molecular formula is C15H32. The second kappa shape index (κ2) is 9.24. The van der Waals surface area contributed by atoms with Crippen molar-refractivity contribution in [3.8, 4) is 0 Å². The van der Waals surface area contributed by atoms with Gasteiger partial charge in [0.1, 0.15) is 0 Å². The molecule has 0 aliphatic rings. The van der Waals surface area contributed by atoms with Gasteiger partial charge < -0.3 is 0 Å². The Kier molecular flexibility index (Phi) is 9.24. The van der Waals surface area contributed by atoms with Crippen molar-refractivity contribution in [3.05, 3.63) is 0 Å². The lowest BCUT2D eigenvalue weighted by molar-refractivity contribution is 0.302. The summed E-state index contributed by atoms with van der Waals surface area (Å²) in [4.78, 5) is 0. The fraction of sp³-hybridized carbons (Fsp3) is 1.00. The zero-order valence-electron chi connectivity index (χ0n) is 11.7. The largest absolute Gasteiger partial charge is 0.0654 e. The Morgan fingerprint density at radius 2 is 1.20 bits per heavy atom. The Morgan fingerprint density at radius 3 is 1.60 bits per heavy atom. The second-order valence-electron chi connectivity index (χ2n) is 5.38. The average Bonchev–Trinajstić information content (AvgIpc) is 2.25. The summed E-state index contributed by atoms with van der Waals surface area (Å²) >= 11 is 0. The van der Waals surface area contributed by atoms with Gasteiger partial charge in [0.15, 0.2) is 0 Å². The van der Waals surface area contributed by atoms with E-state index in [1.165, 1.54) is 44.9 Å². The topological polar surface area (TPSA) is 0 Å². The first-order chi connectivity index (χ1) is 7.15. The number of rotatable bonds is 9. The SMILES string of the molecule is CCCC(CCC)CCC(C)C(C)CC. The molecule has 92 valence electrons. The fourth-order valence-corrected chi connectivity index (χ4v) is 2.43. The van der Waals surface area contributed by atoms with Crippen molar-refractivity contribution in [3.63, 3.8) is 0 Å². The van der Waals surface area contributed by atoms with E-state index >= 15 is 0 Å². The summed E-state index contributed by atoms with van der Waals surface area (Å²) < 4.78 is 0. The smallest absolute Gasteiger partial charge is 0.0414 e. The maximum atomic E-state index is 2.43. The molecule has 0 bridgehead atoms. The van der Waals surface area contributed by atoms with Crippen molar-refractivity contribution in [1.82, 2.24) is 0 Å². The van der Waals surface area contributed by atoms with Crippen LogP contribution in [-0.4, -0.2) is 0 Å². The minimum atomic E-state index is 0.911. The highest BCUT2D eigenvalue weighted by Crippen LogP contribution is 2.26. The molecule has 0 saturated carbocycles. The van der Waals surface area contributed by atoms with Crippen molar-refractivity contribution in [2.75, 3.05) is 0 Å². The summed E-state index contributed by atoms with van der Waals surface area (Å²) in [6, 6.07) is 0. The van der Waals surface area contributed by atoms with Gasteiger partial charge in [-0.1, -0.05) is 79.6 Å². The lowest BCUT2D eigenvalue weighted by atomic mass is 9.84.